The van der Waals surface area contributed by atoms with E-state index in [1.54, 1.807) is 0 Å². The van der Waals surface area contributed by atoms with Crippen molar-refractivity contribution in [2.75, 3.05) is 19.7 Å². The summed E-state index contributed by atoms with van der Waals surface area (Å²) in [6, 6.07) is 0. The van der Waals surface area contributed by atoms with Crippen LogP contribution in [0.3, 0.4) is 0 Å². The quantitative estimate of drug-likeness (QED) is 0.0878. The average Bonchev–Trinajstić information content (AvgIpc) is 2.87. The molecule has 0 aromatic rings. The lowest BCUT2D eigenvalue weighted by atomic mass is 10.0. The molecule has 0 aliphatic heterocycles. The van der Waals surface area contributed by atoms with Gasteiger partial charge in [-0.15, -0.1) is 13.2 Å². The highest BCUT2D eigenvalue weighted by Gasteiger charge is 2.00. The highest BCUT2D eigenvalue weighted by atomic mass is 16.5. The van der Waals surface area contributed by atoms with E-state index >= 15 is 0 Å². The maximum absolute atomic E-state index is 9.69. The zero-order chi connectivity index (χ0) is 29.6. The molecule has 0 atom stereocenters. The standard InChI is InChI=1S/C16H35NO.C9H20O.C5H12.C2H4.CH2O/c1-3-5-7-9-11-13-15-17(18)16-14-12-10-8-6-4-2;1-2-3-4-5-6-7-8-9-10;1-5(2,3)4;2*1-2/h18H,3-16H2,1-2H3;10H,2-9H2,1H3;1-4H3;1-2H2;1H2. The van der Waals surface area contributed by atoms with Gasteiger partial charge >= 0.3 is 0 Å². The van der Waals surface area contributed by atoms with Crippen LogP contribution in [-0.2, 0) is 4.79 Å². The fourth-order valence-corrected chi connectivity index (χ4v) is 3.33. The molecule has 37 heavy (non-hydrogen) atoms. The first-order valence-electron chi connectivity index (χ1n) is 15.6. The molecule has 0 aromatic carbocycles. The third-order valence-electron chi connectivity index (χ3n) is 5.30. The lowest BCUT2D eigenvalue weighted by Crippen LogP contribution is -2.21. The first kappa shape index (κ1) is 46.2. The summed E-state index contributed by atoms with van der Waals surface area (Å²) in [5, 5.41) is 19.7. The van der Waals surface area contributed by atoms with E-state index in [4.69, 9.17) is 9.90 Å². The van der Waals surface area contributed by atoms with Crippen LogP contribution in [0.5, 0.6) is 0 Å². The number of aliphatic hydroxyl groups excluding tert-OH is 1. The van der Waals surface area contributed by atoms with Gasteiger partial charge in [0.25, 0.3) is 0 Å². The molecule has 0 spiro atoms. The Labute approximate surface area is 235 Å². The van der Waals surface area contributed by atoms with E-state index in [1.807, 2.05) is 6.79 Å². The second-order valence-electron chi connectivity index (χ2n) is 11.3. The van der Waals surface area contributed by atoms with Crippen molar-refractivity contribution in [1.29, 1.82) is 0 Å². The van der Waals surface area contributed by atoms with Gasteiger partial charge in [-0.3, -0.25) is 0 Å². The molecule has 0 heterocycles. The van der Waals surface area contributed by atoms with Gasteiger partial charge in [0.1, 0.15) is 6.79 Å². The number of unbranched alkanes of at least 4 members (excludes halogenated alkanes) is 16. The van der Waals surface area contributed by atoms with Crippen molar-refractivity contribution in [3.05, 3.63) is 13.2 Å². The SMILES string of the molecule is C=C.C=O.CC(C)(C)C.CCCCCCCCCO.CCCCCCCCN(O)CCCCCCCC. The number of nitrogens with zero attached hydrogens (tertiary/aromatic N) is 1. The lowest BCUT2D eigenvalue weighted by Gasteiger charge is -2.14. The first-order chi connectivity index (χ1) is 17.7. The fraction of sp³-hybridized carbons (Fsp3) is 0.909. The topological polar surface area (TPSA) is 60.8 Å². The molecule has 0 aliphatic rings. The van der Waals surface area contributed by atoms with E-state index in [0.29, 0.717) is 12.0 Å². The molecule has 228 valence electrons. The number of rotatable bonds is 21. The van der Waals surface area contributed by atoms with E-state index < -0.39 is 0 Å². The second-order valence-corrected chi connectivity index (χ2v) is 11.3. The van der Waals surface area contributed by atoms with Crippen LogP contribution >= 0.6 is 0 Å². The fourth-order valence-electron chi connectivity index (χ4n) is 3.33. The van der Waals surface area contributed by atoms with Gasteiger partial charge in [-0.1, -0.05) is 151 Å². The summed E-state index contributed by atoms with van der Waals surface area (Å²) >= 11 is 0. The maximum atomic E-state index is 9.69. The number of hydrogen-bond acceptors (Lipinski definition) is 4. The summed E-state index contributed by atoms with van der Waals surface area (Å²) in [6.45, 7) is 25.6. The molecule has 0 saturated carbocycles. The van der Waals surface area contributed by atoms with E-state index in [-0.39, 0.29) is 0 Å². The molecule has 0 saturated heterocycles. The molecule has 2 N–H and O–H groups in total. The number of carbonyl (C=O) groups excluding carboxylic acids is 1. The molecule has 0 aromatic heterocycles. The van der Waals surface area contributed by atoms with Crippen molar-refractivity contribution in [2.24, 2.45) is 5.41 Å². The summed E-state index contributed by atoms with van der Waals surface area (Å²) in [5.74, 6) is 0. The van der Waals surface area contributed by atoms with E-state index in [0.717, 1.165) is 32.4 Å². The van der Waals surface area contributed by atoms with Gasteiger partial charge in [0.15, 0.2) is 0 Å². The zero-order valence-corrected chi connectivity index (χ0v) is 26.9. The molecular formula is C33H73NO3. The minimum absolute atomic E-state index is 0.369. The lowest BCUT2D eigenvalue weighted by molar-refractivity contribution is -0.0980. The number of hydroxylamine groups is 2. The largest absolute Gasteiger partial charge is 0.396 e. The summed E-state index contributed by atoms with van der Waals surface area (Å²) in [7, 11) is 0. The molecule has 4 nitrogen and oxygen atoms in total. The second kappa shape index (κ2) is 45.2. The molecule has 0 bridgehead atoms. The Balaban J connectivity index is -0.000000150. The smallest absolute Gasteiger partial charge is 0.106 e. The van der Waals surface area contributed by atoms with Gasteiger partial charge in [0.2, 0.25) is 0 Å². The molecule has 4 heteroatoms. The Morgan fingerprint density at radius 3 is 0.973 bits per heavy atom. The predicted octanol–water partition coefficient (Wildman–Crippen LogP) is 10.8. The van der Waals surface area contributed by atoms with Crippen LogP contribution in [0.25, 0.3) is 0 Å². The molecular weight excluding hydrogens is 458 g/mol. The summed E-state index contributed by atoms with van der Waals surface area (Å²) < 4.78 is 0. The zero-order valence-electron chi connectivity index (χ0n) is 26.9. The molecule has 0 amide bonds. The minimum atomic E-state index is 0.369. The van der Waals surface area contributed by atoms with Crippen molar-refractivity contribution in [1.82, 2.24) is 5.06 Å². The van der Waals surface area contributed by atoms with Gasteiger partial charge in [-0.2, -0.15) is 5.06 Å². The first-order valence-corrected chi connectivity index (χ1v) is 15.6. The third-order valence-corrected chi connectivity index (χ3v) is 5.30. The summed E-state index contributed by atoms with van der Waals surface area (Å²) in [5.41, 5.74) is 0.500. The molecule has 0 fully saturated rings. The van der Waals surface area contributed by atoms with Gasteiger partial charge in [-0.25, -0.2) is 0 Å². The molecule has 0 unspecified atom stereocenters. The van der Waals surface area contributed by atoms with Gasteiger partial charge in [0, 0.05) is 19.7 Å². The van der Waals surface area contributed by atoms with Crippen molar-refractivity contribution in [3.8, 4) is 0 Å². The normalized spacial score (nSPS) is 10.1. The highest BCUT2D eigenvalue weighted by molar-refractivity contribution is 5.11. The van der Waals surface area contributed by atoms with Crippen molar-refractivity contribution >= 4 is 6.79 Å². The van der Waals surface area contributed by atoms with Crippen LogP contribution in [0, 0.1) is 5.41 Å². The number of hydrogen-bond donors (Lipinski definition) is 2. The van der Waals surface area contributed by atoms with E-state index in [1.165, 1.54) is 108 Å². The maximum Gasteiger partial charge on any atom is 0.106 e. The van der Waals surface area contributed by atoms with E-state index in [9.17, 15) is 5.21 Å². The van der Waals surface area contributed by atoms with E-state index in [2.05, 4.69) is 61.6 Å². The van der Waals surface area contributed by atoms with Gasteiger partial charge in [0.05, 0.1) is 0 Å². The van der Waals surface area contributed by atoms with Crippen LogP contribution in [0.4, 0.5) is 0 Å². The predicted molar refractivity (Wildman–Crippen MR) is 169 cm³/mol. The van der Waals surface area contributed by atoms with Crippen LogP contribution in [0.1, 0.15) is 170 Å². The van der Waals surface area contributed by atoms with Crippen LogP contribution in [0.2, 0.25) is 0 Å². The Kier molecular flexibility index (Phi) is 56.4. The number of aliphatic hydroxyl groups is 1. The molecule has 0 aliphatic carbocycles. The van der Waals surface area contributed by atoms with Crippen molar-refractivity contribution < 1.29 is 15.1 Å². The van der Waals surface area contributed by atoms with Crippen molar-refractivity contribution in [2.45, 2.75) is 170 Å². The Morgan fingerprint density at radius 2 is 0.730 bits per heavy atom. The van der Waals surface area contributed by atoms with Crippen LogP contribution in [-0.4, -0.2) is 41.9 Å². The third kappa shape index (κ3) is 78.7. The molecule has 0 rings (SSSR count). The summed E-state index contributed by atoms with van der Waals surface area (Å²) in [4.78, 5) is 8.00. The minimum Gasteiger partial charge on any atom is -0.396 e. The Morgan fingerprint density at radius 1 is 0.514 bits per heavy atom. The Hall–Kier alpha value is -0.710. The van der Waals surface area contributed by atoms with Crippen molar-refractivity contribution in [3.63, 3.8) is 0 Å². The summed E-state index contributed by atoms with van der Waals surface area (Å²) in [6.07, 6.45) is 24.5. The van der Waals surface area contributed by atoms with Crippen LogP contribution in [0.15, 0.2) is 13.2 Å². The number of carbonyl (C=O) groups is 1. The van der Waals surface area contributed by atoms with Gasteiger partial charge in [-0.05, 0) is 24.7 Å². The van der Waals surface area contributed by atoms with Crippen LogP contribution < -0.4 is 0 Å². The Bertz CT molecular complexity index is 313. The highest BCUT2D eigenvalue weighted by Crippen LogP contribution is 2.09. The monoisotopic (exact) mass is 532 g/mol. The molecule has 0 radical (unpaired) electrons. The van der Waals surface area contributed by atoms with Gasteiger partial charge < -0.3 is 15.1 Å². The average molecular weight is 532 g/mol.